The predicted octanol–water partition coefficient (Wildman–Crippen LogP) is 1.16. The molecule has 2 aromatic rings. The quantitative estimate of drug-likeness (QED) is 0.571. The van der Waals surface area contributed by atoms with Gasteiger partial charge in [-0.25, -0.2) is 10.8 Å². The van der Waals surface area contributed by atoms with Crippen LogP contribution in [-0.4, -0.2) is 20.9 Å². The molecule has 0 saturated heterocycles. The molecule has 104 valence electrons. The van der Waals surface area contributed by atoms with Crippen LogP contribution >= 0.6 is 15.9 Å². The van der Waals surface area contributed by atoms with E-state index in [1.54, 1.807) is 24.7 Å². The fraction of sp³-hybridized carbons (Fsp3) is 0.167. The number of nitrogens with one attached hydrogen (secondary N) is 2. The zero-order chi connectivity index (χ0) is 14.5. The molecule has 0 spiro atoms. The van der Waals surface area contributed by atoms with Crippen molar-refractivity contribution < 1.29 is 4.79 Å². The molecule has 4 N–H and O–H groups in total. The summed E-state index contributed by atoms with van der Waals surface area (Å²) in [7, 11) is 0. The highest BCUT2D eigenvalue weighted by Crippen LogP contribution is 2.17. The smallest absolute Gasteiger partial charge is 0.255 e. The van der Waals surface area contributed by atoms with Gasteiger partial charge in [0.2, 0.25) is 0 Å². The topological polar surface area (TPSA) is 106 Å². The maximum Gasteiger partial charge on any atom is 0.255 e. The fourth-order valence-corrected chi connectivity index (χ4v) is 1.84. The molecule has 7 nitrogen and oxygen atoms in total. The second kappa shape index (κ2) is 6.40. The van der Waals surface area contributed by atoms with Gasteiger partial charge in [0, 0.05) is 16.9 Å². The molecular weight excluding hydrogens is 324 g/mol. The summed E-state index contributed by atoms with van der Waals surface area (Å²) >= 11 is 3.26. The number of nitrogen functional groups attached to an aromatic ring is 1. The molecule has 0 radical (unpaired) electrons. The first-order valence-corrected chi connectivity index (χ1v) is 6.57. The highest BCUT2D eigenvalue weighted by molar-refractivity contribution is 9.10. The monoisotopic (exact) mass is 336 g/mol. The van der Waals surface area contributed by atoms with E-state index >= 15 is 0 Å². The summed E-state index contributed by atoms with van der Waals surface area (Å²) in [6.45, 7) is 2.13. The third-order valence-corrected chi connectivity index (χ3v) is 2.93. The molecule has 20 heavy (non-hydrogen) atoms. The van der Waals surface area contributed by atoms with E-state index in [9.17, 15) is 4.79 Å². The van der Waals surface area contributed by atoms with Gasteiger partial charge < -0.3 is 10.7 Å². The minimum Gasteiger partial charge on any atom is -0.346 e. The van der Waals surface area contributed by atoms with Gasteiger partial charge in [0.05, 0.1) is 29.7 Å². The summed E-state index contributed by atoms with van der Waals surface area (Å²) in [5.41, 5.74) is 4.24. The molecule has 0 aliphatic heterocycles. The number of pyridine rings is 1. The Morgan fingerprint density at radius 3 is 2.75 bits per heavy atom. The molecule has 0 saturated carbocycles. The lowest BCUT2D eigenvalue weighted by atomic mass is 10.2. The number of anilines is 1. The normalized spacial score (nSPS) is 10.2. The average molecular weight is 337 g/mol. The van der Waals surface area contributed by atoms with Crippen LogP contribution in [0.4, 0.5) is 5.82 Å². The van der Waals surface area contributed by atoms with Gasteiger partial charge in [-0.05, 0) is 28.9 Å². The lowest BCUT2D eigenvalue weighted by Gasteiger charge is -2.09. The van der Waals surface area contributed by atoms with Crippen LogP contribution in [0.5, 0.6) is 0 Å². The van der Waals surface area contributed by atoms with Gasteiger partial charge >= 0.3 is 0 Å². The molecule has 2 aromatic heterocycles. The van der Waals surface area contributed by atoms with Crippen molar-refractivity contribution >= 4 is 27.7 Å². The second-order valence-corrected chi connectivity index (χ2v) is 4.94. The maximum atomic E-state index is 12.1. The van der Waals surface area contributed by atoms with E-state index in [1.165, 1.54) is 0 Å². The lowest BCUT2D eigenvalue weighted by molar-refractivity contribution is 0.0951. The zero-order valence-electron chi connectivity index (χ0n) is 10.7. The summed E-state index contributed by atoms with van der Waals surface area (Å²) < 4.78 is 0.691. The van der Waals surface area contributed by atoms with Gasteiger partial charge in [0.1, 0.15) is 0 Å². The predicted molar refractivity (Wildman–Crippen MR) is 77.7 cm³/mol. The third-order valence-electron chi connectivity index (χ3n) is 2.50. The van der Waals surface area contributed by atoms with Crippen molar-refractivity contribution in [3.05, 3.63) is 46.1 Å². The number of carbonyl (C=O) groups excluding carboxylic acids is 1. The summed E-state index contributed by atoms with van der Waals surface area (Å²) in [5.74, 6) is 5.34. The molecule has 0 unspecified atom stereocenters. The number of halogens is 1. The number of hydrogen-bond donors (Lipinski definition) is 3. The van der Waals surface area contributed by atoms with Gasteiger partial charge in [-0.3, -0.25) is 14.8 Å². The molecule has 1 amide bonds. The zero-order valence-corrected chi connectivity index (χ0v) is 12.3. The second-order valence-electron chi connectivity index (χ2n) is 4.03. The number of rotatable bonds is 4. The summed E-state index contributed by atoms with van der Waals surface area (Å²) in [6, 6.07) is 1.64. The van der Waals surface area contributed by atoms with Gasteiger partial charge in [0.25, 0.3) is 5.91 Å². The molecule has 2 heterocycles. The van der Waals surface area contributed by atoms with Crippen molar-refractivity contribution in [2.45, 2.75) is 13.5 Å². The minimum absolute atomic E-state index is 0.280. The summed E-state index contributed by atoms with van der Waals surface area (Å²) in [4.78, 5) is 24.4. The number of amides is 1. The molecule has 0 atom stereocenters. The van der Waals surface area contributed by atoms with Crippen molar-refractivity contribution in [3.63, 3.8) is 0 Å². The van der Waals surface area contributed by atoms with Crippen molar-refractivity contribution in [2.75, 3.05) is 5.43 Å². The standard InChI is InChI=1S/C12H13BrN6O/c1-7-3-16-9(5-15-7)6-18-12(20)10-2-8(13)4-17-11(10)19-14/h2-5H,6,14H2,1H3,(H,17,19)(H,18,20). The van der Waals surface area contributed by atoms with E-state index in [1.807, 2.05) is 6.92 Å². The maximum absolute atomic E-state index is 12.1. The van der Waals surface area contributed by atoms with Crippen molar-refractivity contribution in [2.24, 2.45) is 5.84 Å². The van der Waals surface area contributed by atoms with Crippen LogP contribution < -0.4 is 16.6 Å². The van der Waals surface area contributed by atoms with Crippen LogP contribution in [0.25, 0.3) is 0 Å². The van der Waals surface area contributed by atoms with Crippen molar-refractivity contribution in [1.82, 2.24) is 20.3 Å². The first-order chi connectivity index (χ1) is 9.60. The number of carbonyl (C=O) groups is 1. The van der Waals surface area contributed by atoms with Crippen LogP contribution in [0.2, 0.25) is 0 Å². The summed E-state index contributed by atoms with van der Waals surface area (Å²) in [6.07, 6.45) is 4.82. The van der Waals surface area contributed by atoms with E-state index in [0.29, 0.717) is 21.5 Å². The van der Waals surface area contributed by atoms with E-state index in [-0.39, 0.29) is 12.5 Å². The molecular formula is C12H13BrN6O. The first kappa shape index (κ1) is 14.4. The number of hydrogen-bond acceptors (Lipinski definition) is 6. The molecule has 0 aromatic carbocycles. The minimum atomic E-state index is -0.297. The number of aromatic nitrogens is 3. The molecule has 0 aliphatic rings. The number of hydrazine groups is 1. The Morgan fingerprint density at radius 2 is 2.10 bits per heavy atom. The number of nitrogens with zero attached hydrogens (tertiary/aromatic N) is 3. The van der Waals surface area contributed by atoms with E-state index in [0.717, 1.165) is 5.69 Å². The van der Waals surface area contributed by atoms with Gasteiger partial charge in [0.15, 0.2) is 5.82 Å². The summed E-state index contributed by atoms with van der Waals surface area (Å²) in [5, 5.41) is 2.74. The fourth-order valence-electron chi connectivity index (χ4n) is 1.50. The molecule has 8 heteroatoms. The van der Waals surface area contributed by atoms with Crippen LogP contribution in [0.1, 0.15) is 21.7 Å². The van der Waals surface area contributed by atoms with Crippen LogP contribution in [0.3, 0.4) is 0 Å². The molecule has 0 bridgehead atoms. The largest absolute Gasteiger partial charge is 0.346 e. The molecule has 2 rings (SSSR count). The lowest BCUT2D eigenvalue weighted by Crippen LogP contribution is -2.25. The Hall–Kier alpha value is -2.06. The van der Waals surface area contributed by atoms with Crippen LogP contribution in [0.15, 0.2) is 29.1 Å². The Morgan fingerprint density at radius 1 is 1.30 bits per heavy atom. The number of aryl methyl sites for hydroxylation is 1. The van der Waals surface area contributed by atoms with E-state index in [2.05, 4.69) is 41.6 Å². The van der Waals surface area contributed by atoms with Crippen LogP contribution in [0, 0.1) is 6.92 Å². The highest BCUT2D eigenvalue weighted by Gasteiger charge is 2.12. The highest BCUT2D eigenvalue weighted by atomic mass is 79.9. The molecule has 0 fully saturated rings. The SMILES string of the molecule is Cc1cnc(CNC(=O)c2cc(Br)cnc2NN)cn1. The van der Waals surface area contributed by atoms with Gasteiger partial charge in [-0.1, -0.05) is 0 Å². The average Bonchev–Trinajstić information content (AvgIpc) is 2.46. The Balaban J connectivity index is 2.08. The Labute approximate surface area is 124 Å². The third kappa shape index (κ3) is 3.49. The molecule has 0 aliphatic carbocycles. The van der Waals surface area contributed by atoms with E-state index in [4.69, 9.17) is 5.84 Å². The van der Waals surface area contributed by atoms with Gasteiger partial charge in [-0.2, -0.15) is 0 Å². The Kier molecular flexibility index (Phi) is 4.59. The van der Waals surface area contributed by atoms with E-state index < -0.39 is 0 Å². The van der Waals surface area contributed by atoms with Crippen LogP contribution in [-0.2, 0) is 6.54 Å². The Bertz CT molecular complexity index is 616. The number of nitrogens with two attached hydrogens (primary N) is 1. The van der Waals surface area contributed by atoms with Crippen molar-refractivity contribution in [1.29, 1.82) is 0 Å². The van der Waals surface area contributed by atoms with Crippen molar-refractivity contribution in [3.8, 4) is 0 Å². The van der Waals surface area contributed by atoms with Gasteiger partial charge in [-0.15, -0.1) is 0 Å². The first-order valence-electron chi connectivity index (χ1n) is 5.78.